The van der Waals surface area contributed by atoms with Crippen molar-refractivity contribution in [1.29, 1.82) is 0 Å². The van der Waals surface area contributed by atoms with Gasteiger partial charge in [0.2, 0.25) is 0 Å². The predicted molar refractivity (Wildman–Crippen MR) is 48.8 cm³/mol. The quantitative estimate of drug-likeness (QED) is 0.441. The molecule has 0 nitrogen and oxygen atoms in total. The molecule has 0 amide bonds. The highest BCUT2D eigenvalue weighted by atomic mass is 35.5. The van der Waals surface area contributed by atoms with E-state index in [1.54, 1.807) is 5.57 Å². The molecule has 0 heterocycles. The first-order valence-corrected chi connectivity index (χ1v) is 4.96. The van der Waals surface area contributed by atoms with Gasteiger partial charge in [-0.05, 0) is 30.1 Å². The lowest BCUT2D eigenvalue weighted by atomic mass is 9.59. The minimum Gasteiger partial charge on any atom is -0.126 e. The van der Waals surface area contributed by atoms with Gasteiger partial charge in [0.25, 0.3) is 0 Å². The predicted octanol–water partition coefficient (Wildman–Crippen LogP) is 3.22. The second-order valence-electron chi connectivity index (χ2n) is 4.40. The van der Waals surface area contributed by atoms with Gasteiger partial charge in [0.05, 0.1) is 0 Å². The molecule has 1 fully saturated rings. The Kier molecular flexibility index (Phi) is 1.57. The molecule has 3 rings (SSSR count). The van der Waals surface area contributed by atoms with Crippen molar-refractivity contribution in [3.8, 4) is 0 Å². The van der Waals surface area contributed by atoms with Crippen molar-refractivity contribution in [2.75, 3.05) is 5.88 Å². The van der Waals surface area contributed by atoms with E-state index in [0.717, 1.165) is 24.1 Å². The van der Waals surface area contributed by atoms with Crippen molar-refractivity contribution in [1.82, 2.24) is 0 Å². The van der Waals surface area contributed by atoms with Crippen LogP contribution in [0, 0.1) is 17.3 Å². The molecule has 0 aromatic heterocycles. The number of halogens is 1. The van der Waals surface area contributed by atoms with Crippen molar-refractivity contribution in [3.05, 3.63) is 11.6 Å². The van der Waals surface area contributed by atoms with E-state index in [-0.39, 0.29) is 0 Å². The van der Waals surface area contributed by atoms with Gasteiger partial charge in [0.15, 0.2) is 0 Å². The zero-order valence-electron chi connectivity index (χ0n) is 7.23. The molecule has 0 aromatic rings. The first kappa shape index (κ1) is 7.67. The van der Waals surface area contributed by atoms with Crippen LogP contribution in [0.1, 0.15) is 26.7 Å². The van der Waals surface area contributed by atoms with Gasteiger partial charge in [-0.25, -0.2) is 0 Å². The summed E-state index contributed by atoms with van der Waals surface area (Å²) in [5, 5.41) is 0. The zero-order chi connectivity index (χ0) is 8.06. The maximum absolute atomic E-state index is 5.72. The first-order chi connectivity index (χ1) is 5.16. The van der Waals surface area contributed by atoms with E-state index in [2.05, 4.69) is 19.9 Å². The maximum Gasteiger partial charge on any atom is 0.0260 e. The molecule has 2 bridgehead atoms. The minimum absolute atomic E-state index is 0.571. The van der Waals surface area contributed by atoms with Gasteiger partial charge in [-0.2, -0.15) is 0 Å². The van der Waals surface area contributed by atoms with E-state index in [1.165, 1.54) is 6.42 Å². The van der Waals surface area contributed by atoms with Crippen LogP contribution in [0.3, 0.4) is 0 Å². The van der Waals surface area contributed by atoms with Gasteiger partial charge < -0.3 is 0 Å². The highest BCUT2D eigenvalue weighted by molar-refractivity contribution is 6.18. The van der Waals surface area contributed by atoms with Crippen LogP contribution < -0.4 is 0 Å². The maximum atomic E-state index is 5.72. The summed E-state index contributed by atoms with van der Waals surface area (Å²) in [4.78, 5) is 0. The summed E-state index contributed by atoms with van der Waals surface area (Å²) in [5.41, 5.74) is 2.21. The van der Waals surface area contributed by atoms with Gasteiger partial charge in [-0.3, -0.25) is 0 Å². The summed E-state index contributed by atoms with van der Waals surface area (Å²) in [6, 6.07) is 0. The molecule has 1 saturated carbocycles. The highest BCUT2D eigenvalue weighted by Crippen LogP contribution is 2.61. The average Bonchev–Trinajstić information content (AvgIpc) is 2.43. The number of rotatable bonds is 2. The van der Waals surface area contributed by atoms with E-state index in [1.807, 2.05) is 0 Å². The van der Waals surface area contributed by atoms with Crippen molar-refractivity contribution >= 4 is 11.6 Å². The lowest BCUT2D eigenvalue weighted by molar-refractivity contribution is 0.0656. The Hall–Kier alpha value is 0.0300. The molecule has 0 radical (unpaired) electrons. The van der Waals surface area contributed by atoms with E-state index in [9.17, 15) is 0 Å². The van der Waals surface area contributed by atoms with Crippen molar-refractivity contribution in [2.45, 2.75) is 26.7 Å². The molecule has 11 heavy (non-hydrogen) atoms. The number of hydrogen-bond donors (Lipinski definition) is 0. The summed E-state index contributed by atoms with van der Waals surface area (Å²) in [7, 11) is 0. The average molecular weight is 171 g/mol. The summed E-state index contributed by atoms with van der Waals surface area (Å²) in [6.45, 7) is 4.76. The number of hydrogen-bond acceptors (Lipinski definition) is 0. The van der Waals surface area contributed by atoms with E-state index in [4.69, 9.17) is 11.6 Å². The van der Waals surface area contributed by atoms with Gasteiger partial charge in [0, 0.05) is 5.88 Å². The molecule has 0 aliphatic heterocycles. The van der Waals surface area contributed by atoms with E-state index < -0.39 is 0 Å². The minimum atomic E-state index is 0.571. The fourth-order valence-corrected chi connectivity index (χ4v) is 2.83. The molecule has 62 valence electrons. The van der Waals surface area contributed by atoms with Gasteiger partial charge in [-0.15, -0.1) is 11.6 Å². The summed E-state index contributed by atoms with van der Waals surface area (Å²) >= 11 is 5.72. The normalized spacial score (nSPS) is 38.3. The van der Waals surface area contributed by atoms with Crippen molar-refractivity contribution in [3.63, 3.8) is 0 Å². The number of allylic oxidation sites excluding steroid dienone is 2. The smallest absolute Gasteiger partial charge is 0.0260 e. The Morgan fingerprint density at radius 1 is 1.64 bits per heavy atom. The van der Waals surface area contributed by atoms with Crippen LogP contribution in [-0.2, 0) is 0 Å². The third kappa shape index (κ3) is 0.885. The Bertz CT molecular complexity index is 203. The Morgan fingerprint density at radius 3 is 2.73 bits per heavy atom. The van der Waals surface area contributed by atoms with Crippen LogP contribution in [0.5, 0.6) is 0 Å². The van der Waals surface area contributed by atoms with Crippen LogP contribution >= 0.6 is 11.6 Å². The largest absolute Gasteiger partial charge is 0.126 e. The second-order valence-corrected chi connectivity index (χ2v) is 4.77. The summed E-state index contributed by atoms with van der Waals surface area (Å²) in [6.07, 6.45) is 4.98. The van der Waals surface area contributed by atoms with E-state index in [0.29, 0.717) is 5.41 Å². The molecule has 0 N–H and O–H groups in total. The molecule has 3 aliphatic carbocycles. The Balaban J connectivity index is 2.09. The van der Waals surface area contributed by atoms with Crippen LogP contribution in [-0.4, -0.2) is 5.88 Å². The highest BCUT2D eigenvalue weighted by Gasteiger charge is 2.52. The Labute approximate surface area is 73.6 Å². The zero-order valence-corrected chi connectivity index (χ0v) is 7.99. The SMILES string of the molecule is CC1(C)C2C=C(CCCl)C1C2. The fourth-order valence-electron chi connectivity index (χ4n) is 2.61. The topological polar surface area (TPSA) is 0 Å². The van der Waals surface area contributed by atoms with Gasteiger partial charge in [-0.1, -0.05) is 25.5 Å². The molecule has 0 spiro atoms. The molecule has 3 aliphatic rings. The first-order valence-electron chi connectivity index (χ1n) is 4.43. The van der Waals surface area contributed by atoms with E-state index >= 15 is 0 Å². The van der Waals surface area contributed by atoms with Crippen LogP contribution in [0.4, 0.5) is 0 Å². The fraction of sp³-hybridized carbons (Fsp3) is 0.800. The van der Waals surface area contributed by atoms with Crippen LogP contribution in [0.15, 0.2) is 11.6 Å². The third-order valence-corrected chi connectivity index (χ3v) is 3.78. The molecular formula is C10H15Cl. The van der Waals surface area contributed by atoms with Gasteiger partial charge in [0.1, 0.15) is 0 Å². The van der Waals surface area contributed by atoms with Crippen LogP contribution in [0.25, 0.3) is 0 Å². The lowest BCUT2D eigenvalue weighted by Crippen LogP contribution is -2.38. The molecule has 2 atom stereocenters. The van der Waals surface area contributed by atoms with Crippen molar-refractivity contribution in [2.24, 2.45) is 17.3 Å². The molecule has 0 saturated heterocycles. The summed E-state index contributed by atoms with van der Waals surface area (Å²) < 4.78 is 0. The lowest BCUT2D eigenvalue weighted by Gasteiger charge is -2.45. The second kappa shape index (κ2) is 2.26. The Morgan fingerprint density at radius 2 is 2.36 bits per heavy atom. The summed E-state index contributed by atoms with van der Waals surface area (Å²) in [5.74, 6) is 2.53. The molecule has 1 heteroatoms. The third-order valence-electron chi connectivity index (χ3n) is 3.59. The standard InChI is InChI=1S/C10H15Cl/c1-10(2)8-5-7(3-4-11)9(10)6-8/h5,8-9H,3-4,6H2,1-2H3. The number of alkyl halides is 1. The monoisotopic (exact) mass is 170 g/mol. The molecular weight excluding hydrogens is 156 g/mol. The van der Waals surface area contributed by atoms with Crippen LogP contribution in [0.2, 0.25) is 0 Å². The molecule has 0 aromatic carbocycles. The molecule has 2 unspecified atom stereocenters. The van der Waals surface area contributed by atoms with Crippen molar-refractivity contribution < 1.29 is 0 Å². The van der Waals surface area contributed by atoms with Gasteiger partial charge >= 0.3 is 0 Å².